The van der Waals surface area contributed by atoms with Crippen molar-refractivity contribution in [3.63, 3.8) is 0 Å². The molecule has 0 bridgehead atoms. The molecule has 1 saturated heterocycles. The average molecular weight is 308 g/mol. The summed E-state index contributed by atoms with van der Waals surface area (Å²) >= 11 is 0. The number of H-pyrrole nitrogens is 1. The summed E-state index contributed by atoms with van der Waals surface area (Å²) in [6.07, 6.45) is 5.66. The van der Waals surface area contributed by atoms with Crippen molar-refractivity contribution in [1.29, 1.82) is 0 Å². The maximum absolute atomic E-state index is 12.4. The average Bonchev–Trinajstić information content (AvgIpc) is 2.95. The van der Waals surface area contributed by atoms with Gasteiger partial charge in [0.1, 0.15) is 0 Å². The molecular weight excluding hydrogens is 284 g/mol. The number of carbonyl (C=O) groups is 1. The Morgan fingerprint density at radius 1 is 1.59 bits per heavy atom. The van der Waals surface area contributed by atoms with E-state index in [1.165, 1.54) is 11.3 Å². The Balaban J connectivity index is 1.49. The molecule has 3 N–H and O–H groups in total. The lowest BCUT2D eigenvalue weighted by Gasteiger charge is -2.38. The number of ether oxygens (including phenoxy) is 1. The van der Waals surface area contributed by atoms with Crippen LogP contribution in [-0.2, 0) is 17.6 Å². The molecule has 2 heterocycles. The van der Waals surface area contributed by atoms with Crippen LogP contribution in [0.5, 0.6) is 0 Å². The third kappa shape index (κ3) is 3.25. The number of aromatic nitrogens is 2. The number of aliphatic hydroxyl groups is 1. The fourth-order valence-electron chi connectivity index (χ4n) is 3.34. The molecular formula is C15H24N4O3. The van der Waals surface area contributed by atoms with Gasteiger partial charge < -0.3 is 20.1 Å². The number of methoxy groups -OCH3 is 1. The smallest absolute Gasteiger partial charge is 0.317 e. The van der Waals surface area contributed by atoms with Gasteiger partial charge in [-0.2, -0.15) is 5.10 Å². The molecule has 0 radical (unpaired) electrons. The Kier molecular flexibility index (Phi) is 4.35. The predicted molar refractivity (Wildman–Crippen MR) is 80.6 cm³/mol. The van der Waals surface area contributed by atoms with Crippen molar-refractivity contribution in [2.75, 3.05) is 26.8 Å². The maximum Gasteiger partial charge on any atom is 0.317 e. The van der Waals surface area contributed by atoms with E-state index in [-0.39, 0.29) is 12.1 Å². The molecule has 2 aliphatic rings. The molecule has 1 fully saturated rings. The third-order valence-electron chi connectivity index (χ3n) is 4.74. The molecule has 3 rings (SSSR count). The summed E-state index contributed by atoms with van der Waals surface area (Å²) in [7, 11) is 1.59. The van der Waals surface area contributed by atoms with Gasteiger partial charge in [-0.25, -0.2) is 4.79 Å². The van der Waals surface area contributed by atoms with E-state index in [2.05, 4.69) is 15.5 Å². The fraction of sp³-hybridized carbons (Fsp3) is 0.733. The number of rotatable bonds is 3. The Morgan fingerprint density at radius 2 is 2.36 bits per heavy atom. The van der Waals surface area contributed by atoms with Crippen molar-refractivity contribution < 1.29 is 14.6 Å². The highest BCUT2D eigenvalue weighted by Crippen LogP contribution is 2.23. The van der Waals surface area contributed by atoms with E-state index in [0.717, 1.165) is 19.3 Å². The second-order valence-corrected chi connectivity index (χ2v) is 6.41. The molecule has 1 unspecified atom stereocenters. The normalized spacial score (nSPS) is 23.9. The van der Waals surface area contributed by atoms with Crippen molar-refractivity contribution >= 4 is 6.03 Å². The van der Waals surface area contributed by atoms with Gasteiger partial charge in [0.15, 0.2) is 0 Å². The molecule has 1 atom stereocenters. The number of hydrogen-bond donors (Lipinski definition) is 3. The quantitative estimate of drug-likeness (QED) is 0.756. The van der Waals surface area contributed by atoms with Crippen LogP contribution in [0.3, 0.4) is 0 Å². The van der Waals surface area contributed by atoms with Crippen LogP contribution in [-0.4, -0.2) is 64.7 Å². The fourth-order valence-corrected chi connectivity index (χ4v) is 3.34. The minimum absolute atomic E-state index is 0.0311. The first-order valence-electron chi connectivity index (χ1n) is 7.87. The molecule has 7 heteroatoms. The lowest BCUT2D eigenvalue weighted by Crippen LogP contribution is -2.53. The highest BCUT2D eigenvalue weighted by Gasteiger charge is 2.34. The molecule has 7 nitrogen and oxygen atoms in total. The monoisotopic (exact) mass is 308 g/mol. The van der Waals surface area contributed by atoms with E-state index in [1.54, 1.807) is 12.0 Å². The number of fused-ring (bicyclic) bond motifs is 1. The van der Waals surface area contributed by atoms with Gasteiger partial charge in [0.05, 0.1) is 18.4 Å². The highest BCUT2D eigenvalue weighted by atomic mass is 16.5. The Morgan fingerprint density at radius 3 is 3.09 bits per heavy atom. The first-order chi connectivity index (χ1) is 10.6. The van der Waals surface area contributed by atoms with Crippen molar-refractivity contribution in [3.8, 4) is 0 Å². The summed E-state index contributed by atoms with van der Waals surface area (Å²) in [5.74, 6) is 0. The molecule has 1 aliphatic heterocycles. The largest absolute Gasteiger partial charge is 0.387 e. The number of aromatic amines is 1. The van der Waals surface area contributed by atoms with Gasteiger partial charge >= 0.3 is 6.03 Å². The number of hydrogen-bond acceptors (Lipinski definition) is 4. The second kappa shape index (κ2) is 6.26. The van der Waals surface area contributed by atoms with E-state index < -0.39 is 5.60 Å². The molecule has 1 aromatic heterocycles. The van der Waals surface area contributed by atoms with Crippen molar-refractivity contribution in [2.24, 2.45) is 0 Å². The number of amides is 2. The minimum Gasteiger partial charge on any atom is -0.387 e. The lowest BCUT2D eigenvalue weighted by molar-refractivity contribution is -0.0648. The van der Waals surface area contributed by atoms with Gasteiger partial charge in [-0.3, -0.25) is 5.10 Å². The van der Waals surface area contributed by atoms with Crippen molar-refractivity contribution in [1.82, 2.24) is 20.4 Å². The van der Waals surface area contributed by atoms with E-state index in [4.69, 9.17) is 4.74 Å². The SMILES string of the molecule is COCC1(O)CCN(C(=O)NC2CCc3[nH]ncc3C2)CC1. The number of carbonyl (C=O) groups excluding carboxylic acids is 1. The molecule has 122 valence electrons. The van der Waals surface area contributed by atoms with Gasteiger partial charge in [0.2, 0.25) is 0 Å². The Hall–Kier alpha value is -1.60. The zero-order chi connectivity index (χ0) is 15.6. The van der Waals surface area contributed by atoms with Crippen LogP contribution in [0.2, 0.25) is 0 Å². The van der Waals surface area contributed by atoms with Crippen LogP contribution < -0.4 is 5.32 Å². The molecule has 0 aromatic carbocycles. The first kappa shape index (κ1) is 15.3. The van der Waals surface area contributed by atoms with Crippen LogP contribution in [0.25, 0.3) is 0 Å². The van der Waals surface area contributed by atoms with E-state index >= 15 is 0 Å². The van der Waals surface area contributed by atoms with Crippen molar-refractivity contribution in [3.05, 3.63) is 17.5 Å². The van der Waals surface area contributed by atoms with E-state index in [1.807, 2.05) is 6.20 Å². The van der Waals surface area contributed by atoms with Crippen LogP contribution in [0.4, 0.5) is 4.79 Å². The van der Waals surface area contributed by atoms with Crippen LogP contribution >= 0.6 is 0 Å². The summed E-state index contributed by atoms with van der Waals surface area (Å²) < 4.78 is 5.05. The predicted octanol–water partition coefficient (Wildman–Crippen LogP) is 0.450. The third-order valence-corrected chi connectivity index (χ3v) is 4.74. The molecule has 1 aliphatic carbocycles. The zero-order valence-electron chi connectivity index (χ0n) is 13.0. The molecule has 22 heavy (non-hydrogen) atoms. The standard InChI is InChI=1S/C15H24N4O3/c1-22-10-15(21)4-6-19(7-5-15)14(20)17-12-2-3-13-11(8-12)9-16-18-13/h9,12,21H,2-8,10H2,1H3,(H,16,18)(H,17,20). The van der Waals surface area contributed by atoms with Gasteiger partial charge in [0, 0.05) is 31.9 Å². The van der Waals surface area contributed by atoms with E-state index in [9.17, 15) is 9.90 Å². The number of piperidine rings is 1. The van der Waals surface area contributed by atoms with Crippen LogP contribution in [0, 0.1) is 0 Å². The zero-order valence-corrected chi connectivity index (χ0v) is 13.0. The van der Waals surface area contributed by atoms with Crippen LogP contribution in [0.15, 0.2) is 6.20 Å². The molecule has 1 aromatic rings. The Bertz CT molecular complexity index is 523. The highest BCUT2D eigenvalue weighted by molar-refractivity contribution is 5.74. The number of aryl methyl sites for hydroxylation is 1. The molecule has 0 spiro atoms. The minimum atomic E-state index is -0.790. The summed E-state index contributed by atoms with van der Waals surface area (Å²) in [6, 6.07) is 0.133. The van der Waals surface area contributed by atoms with Crippen LogP contribution in [0.1, 0.15) is 30.5 Å². The maximum atomic E-state index is 12.4. The molecule has 0 saturated carbocycles. The summed E-state index contributed by atoms with van der Waals surface area (Å²) in [6.45, 7) is 1.46. The molecule has 2 amide bonds. The second-order valence-electron chi connectivity index (χ2n) is 6.41. The topological polar surface area (TPSA) is 90.5 Å². The number of nitrogens with one attached hydrogen (secondary N) is 2. The number of likely N-dealkylation sites (tertiary alicyclic amines) is 1. The van der Waals surface area contributed by atoms with E-state index in [0.29, 0.717) is 32.5 Å². The van der Waals surface area contributed by atoms with Gasteiger partial charge in [-0.1, -0.05) is 0 Å². The lowest BCUT2D eigenvalue weighted by atomic mass is 9.92. The van der Waals surface area contributed by atoms with Gasteiger partial charge in [0.25, 0.3) is 0 Å². The Labute approximate surface area is 130 Å². The number of nitrogens with zero attached hydrogens (tertiary/aromatic N) is 2. The van der Waals surface area contributed by atoms with Crippen molar-refractivity contribution in [2.45, 2.75) is 43.7 Å². The van der Waals surface area contributed by atoms with Gasteiger partial charge in [-0.05, 0) is 37.7 Å². The summed E-state index contributed by atoms with van der Waals surface area (Å²) in [4.78, 5) is 14.2. The number of urea groups is 1. The first-order valence-corrected chi connectivity index (χ1v) is 7.87. The van der Waals surface area contributed by atoms with Gasteiger partial charge in [-0.15, -0.1) is 0 Å². The summed E-state index contributed by atoms with van der Waals surface area (Å²) in [5, 5.41) is 20.5. The summed E-state index contributed by atoms with van der Waals surface area (Å²) in [5.41, 5.74) is 1.60.